The Balaban J connectivity index is 1.42. The Hall–Kier alpha value is -3.21. The van der Waals surface area contributed by atoms with E-state index in [4.69, 9.17) is 4.74 Å². The van der Waals surface area contributed by atoms with Gasteiger partial charge < -0.3 is 15.4 Å². The summed E-state index contributed by atoms with van der Waals surface area (Å²) in [4.78, 5) is 26.0. The van der Waals surface area contributed by atoms with Crippen LogP contribution in [-0.4, -0.2) is 63.5 Å². The number of nitrogens with zero attached hydrogens (tertiary/aromatic N) is 4. The number of thioether (sulfide) groups is 1. The molecule has 3 aromatic rings. The van der Waals surface area contributed by atoms with E-state index in [0.717, 1.165) is 24.6 Å². The summed E-state index contributed by atoms with van der Waals surface area (Å²) in [7, 11) is 0. The highest BCUT2D eigenvalue weighted by molar-refractivity contribution is 7.99. The fourth-order valence-corrected chi connectivity index (χ4v) is 4.23. The van der Waals surface area contributed by atoms with E-state index in [1.54, 1.807) is 24.3 Å². The maximum Gasteiger partial charge on any atom is 0.234 e. The van der Waals surface area contributed by atoms with Crippen LogP contribution in [0.3, 0.4) is 0 Å². The summed E-state index contributed by atoms with van der Waals surface area (Å²) >= 11 is 1.34. The second-order valence-electron chi connectivity index (χ2n) is 7.55. The second-order valence-corrected chi connectivity index (χ2v) is 8.50. The fourth-order valence-electron chi connectivity index (χ4n) is 3.46. The molecule has 0 saturated carbocycles. The number of hydrogen-bond acceptors (Lipinski definition) is 7. The molecular formula is C23H26N6O3S. The summed E-state index contributed by atoms with van der Waals surface area (Å²) in [6, 6.07) is 16.9. The molecule has 2 heterocycles. The van der Waals surface area contributed by atoms with E-state index in [1.165, 1.54) is 18.7 Å². The van der Waals surface area contributed by atoms with Gasteiger partial charge in [-0.05, 0) is 36.4 Å². The van der Waals surface area contributed by atoms with Crippen LogP contribution in [0, 0.1) is 0 Å². The average Bonchev–Trinajstić information content (AvgIpc) is 3.22. The summed E-state index contributed by atoms with van der Waals surface area (Å²) in [5, 5.41) is 15.0. The van der Waals surface area contributed by atoms with Gasteiger partial charge in [0.1, 0.15) is 0 Å². The van der Waals surface area contributed by atoms with E-state index < -0.39 is 0 Å². The molecule has 0 unspecified atom stereocenters. The van der Waals surface area contributed by atoms with Crippen molar-refractivity contribution in [3.8, 4) is 5.69 Å². The summed E-state index contributed by atoms with van der Waals surface area (Å²) in [6.45, 7) is 5.26. The van der Waals surface area contributed by atoms with Gasteiger partial charge in [-0.3, -0.25) is 19.1 Å². The molecule has 172 valence electrons. The number of para-hydroxylation sites is 1. The fraction of sp³-hybridized carbons (Fsp3) is 0.304. The van der Waals surface area contributed by atoms with E-state index >= 15 is 0 Å². The third-order valence-electron chi connectivity index (χ3n) is 5.00. The Morgan fingerprint density at radius 1 is 0.970 bits per heavy atom. The van der Waals surface area contributed by atoms with Crippen LogP contribution in [0.2, 0.25) is 0 Å². The number of rotatable bonds is 8. The van der Waals surface area contributed by atoms with Crippen molar-refractivity contribution in [2.75, 3.05) is 42.7 Å². The summed E-state index contributed by atoms with van der Waals surface area (Å²) in [5.41, 5.74) is 2.30. The molecule has 1 aromatic heterocycles. The van der Waals surface area contributed by atoms with Crippen LogP contribution in [0.4, 0.5) is 11.4 Å². The van der Waals surface area contributed by atoms with Gasteiger partial charge in [0.05, 0.1) is 25.5 Å². The first-order valence-corrected chi connectivity index (χ1v) is 11.7. The highest BCUT2D eigenvalue weighted by Gasteiger charge is 2.19. The van der Waals surface area contributed by atoms with Crippen LogP contribution in [0.1, 0.15) is 12.7 Å². The Bertz CT molecular complexity index is 1080. The second kappa shape index (κ2) is 11.1. The van der Waals surface area contributed by atoms with E-state index in [-0.39, 0.29) is 17.6 Å². The van der Waals surface area contributed by atoms with Crippen molar-refractivity contribution >= 4 is 35.0 Å². The molecule has 1 fully saturated rings. The largest absolute Gasteiger partial charge is 0.379 e. The van der Waals surface area contributed by atoms with Crippen molar-refractivity contribution in [3.05, 3.63) is 60.4 Å². The third-order valence-corrected chi connectivity index (χ3v) is 5.93. The quantitative estimate of drug-likeness (QED) is 0.492. The summed E-state index contributed by atoms with van der Waals surface area (Å²) in [5.74, 6) is 0.735. The number of hydrogen-bond donors (Lipinski definition) is 2. The molecule has 0 atom stereocenters. The first-order chi connectivity index (χ1) is 16.1. The lowest BCUT2D eigenvalue weighted by molar-refractivity contribution is -0.114. The lowest BCUT2D eigenvalue weighted by Crippen LogP contribution is -2.36. The van der Waals surface area contributed by atoms with Crippen molar-refractivity contribution in [1.82, 2.24) is 19.7 Å². The van der Waals surface area contributed by atoms with Gasteiger partial charge in [0.25, 0.3) is 0 Å². The van der Waals surface area contributed by atoms with Gasteiger partial charge in [-0.2, -0.15) is 0 Å². The number of benzene rings is 2. The molecule has 0 radical (unpaired) electrons. The Labute approximate surface area is 196 Å². The maximum atomic E-state index is 12.5. The number of ether oxygens (including phenoxy) is 1. The molecule has 1 aliphatic rings. The predicted molar refractivity (Wildman–Crippen MR) is 128 cm³/mol. The number of carbonyl (C=O) groups is 2. The topological polar surface area (TPSA) is 101 Å². The summed E-state index contributed by atoms with van der Waals surface area (Å²) < 4.78 is 7.45. The van der Waals surface area contributed by atoms with Crippen LogP contribution in [0.5, 0.6) is 0 Å². The molecule has 1 aliphatic heterocycles. The zero-order valence-corrected chi connectivity index (χ0v) is 19.2. The lowest BCUT2D eigenvalue weighted by atomic mass is 10.3. The number of nitrogens with one attached hydrogen (secondary N) is 2. The smallest absolute Gasteiger partial charge is 0.234 e. The molecule has 0 bridgehead atoms. The van der Waals surface area contributed by atoms with Crippen molar-refractivity contribution in [3.63, 3.8) is 0 Å². The predicted octanol–water partition coefficient (Wildman–Crippen LogP) is 2.79. The van der Waals surface area contributed by atoms with Gasteiger partial charge in [-0.25, -0.2) is 0 Å². The zero-order chi connectivity index (χ0) is 23.0. The third kappa shape index (κ3) is 6.41. The zero-order valence-electron chi connectivity index (χ0n) is 18.4. The van der Waals surface area contributed by atoms with Crippen molar-refractivity contribution < 1.29 is 14.3 Å². The minimum Gasteiger partial charge on any atom is -0.379 e. The van der Waals surface area contributed by atoms with Crippen LogP contribution >= 0.6 is 11.8 Å². The number of morpholine rings is 1. The highest BCUT2D eigenvalue weighted by atomic mass is 32.2. The Kier molecular flexibility index (Phi) is 7.71. The SMILES string of the molecule is CC(=O)Nc1ccc(NC(=O)CSc2nnc(CN3CCOCC3)n2-c2ccccc2)cc1. The molecule has 0 spiro atoms. The molecule has 33 heavy (non-hydrogen) atoms. The van der Waals surface area contributed by atoms with Crippen LogP contribution < -0.4 is 10.6 Å². The molecule has 10 heteroatoms. The van der Waals surface area contributed by atoms with Gasteiger partial charge in [0, 0.05) is 37.1 Å². The Morgan fingerprint density at radius 3 is 2.30 bits per heavy atom. The molecule has 4 rings (SSSR count). The minimum atomic E-state index is -0.149. The van der Waals surface area contributed by atoms with Crippen molar-refractivity contribution in [2.45, 2.75) is 18.6 Å². The van der Waals surface area contributed by atoms with Crippen LogP contribution in [0.15, 0.2) is 59.8 Å². The Morgan fingerprint density at radius 2 is 1.64 bits per heavy atom. The highest BCUT2D eigenvalue weighted by Crippen LogP contribution is 2.23. The van der Waals surface area contributed by atoms with Gasteiger partial charge in [-0.15, -0.1) is 10.2 Å². The monoisotopic (exact) mass is 466 g/mol. The van der Waals surface area contributed by atoms with Gasteiger partial charge in [0.2, 0.25) is 11.8 Å². The van der Waals surface area contributed by atoms with E-state index in [2.05, 4.69) is 25.7 Å². The molecule has 2 N–H and O–H groups in total. The standard InChI is InChI=1S/C23H26N6O3S/c1-17(30)24-18-7-9-19(10-8-18)25-22(31)16-33-23-27-26-21(15-28-11-13-32-14-12-28)29(23)20-5-3-2-4-6-20/h2-10H,11-16H2,1H3,(H,24,30)(H,25,31). The minimum absolute atomic E-state index is 0.140. The normalized spacial score (nSPS) is 14.1. The van der Waals surface area contributed by atoms with Crippen molar-refractivity contribution in [1.29, 1.82) is 0 Å². The summed E-state index contributed by atoms with van der Waals surface area (Å²) in [6.07, 6.45) is 0. The van der Waals surface area contributed by atoms with Gasteiger partial charge >= 0.3 is 0 Å². The van der Waals surface area contributed by atoms with E-state index in [0.29, 0.717) is 36.3 Å². The molecule has 2 aromatic carbocycles. The van der Waals surface area contributed by atoms with Crippen LogP contribution in [0.25, 0.3) is 5.69 Å². The van der Waals surface area contributed by atoms with E-state index in [9.17, 15) is 9.59 Å². The van der Waals surface area contributed by atoms with E-state index in [1.807, 2.05) is 34.9 Å². The lowest BCUT2D eigenvalue weighted by Gasteiger charge is -2.26. The number of anilines is 2. The molecule has 1 saturated heterocycles. The average molecular weight is 467 g/mol. The number of carbonyl (C=O) groups excluding carboxylic acids is 2. The first-order valence-electron chi connectivity index (χ1n) is 10.7. The maximum absolute atomic E-state index is 12.5. The molecular weight excluding hydrogens is 440 g/mol. The molecule has 2 amide bonds. The molecule has 0 aliphatic carbocycles. The number of aromatic nitrogens is 3. The van der Waals surface area contributed by atoms with Crippen LogP contribution in [-0.2, 0) is 20.9 Å². The van der Waals surface area contributed by atoms with Crippen molar-refractivity contribution in [2.24, 2.45) is 0 Å². The molecule has 9 nitrogen and oxygen atoms in total. The van der Waals surface area contributed by atoms with Gasteiger partial charge in [0.15, 0.2) is 11.0 Å². The first kappa shape index (κ1) is 23.0. The number of amides is 2. The van der Waals surface area contributed by atoms with Gasteiger partial charge in [-0.1, -0.05) is 30.0 Å².